The van der Waals surface area contributed by atoms with Gasteiger partial charge in [0.2, 0.25) is 11.8 Å². The van der Waals surface area contributed by atoms with Gasteiger partial charge in [0, 0.05) is 42.2 Å². The van der Waals surface area contributed by atoms with Gasteiger partial charge in [-0.3, -0.25) is 14.5 Å². The molecule has 14 heteroatoms. The van der Waals surface area contributed by atoms with E-state index < -0.39 is 41.3 Å². The highest BCUT2D eigenvalue weighted by Crippen LogP contribution is 2.46. The van der Waals surface area contributed by atoms with Crippen molar-refractivity contribution >= 4 is 51.2 Å². The van der Waals surface area contributed by atoms with E-state index in [4.69, 9.17) is 23.9 Å². The van der Waals surface area contributed by atoms with Gasteiger partial charge in [-0.05, 0) is 46.2 Å². The second-order valence-electron chi connectivity index (χ2n) is 12.5. The predicted octanol–water partition coefficient (Wildman–Crippen LogP) is 4.71. The van der Waals surface area contributed by atoms with Crippen molar-refractivity contribution in [3.8, 4) is 22.9 Å². The molecule has 3 heterocycles. The highest BCUT2D eigenvalue weighted by atomic mass is 32.1. The Morgan fingerprint density at radius 2 is 1.94 bits per heavy atom. The van der Waals surface area contributed by atoms with E-state index in [9.17, 15) is 19.2 Å². The highest BCUT2D eigenvalue weighted by molar-refractivity contribution is 7.14. The molecule has 4 atom stereocenters. The Bertz CT molecular complexity index is 1720. The molecular formula is C33H39N5O8S. The molecule has 0 bridgehead atoms. The third-order valence-electron chi connectivity index (χ3n) is 7.80. The third-order valence-corrected chi connectivity index (χ3v) is 8.56. The summed E-state index contributed by atoms with van der Waals surface area (Å²) < 4.78 is 22.9. The van der Waals surface area contributed by atoms with Crippen LogP contribution in [0.4, 0.5) is 9.93 Å². The Morgan fingerprint density at radius 1 is 1.17 bits per heavy atom. The number of amides is 3. The van der Waals surface area contributed by atoms with E-state index in [2.05, 4.69) is 22.2 Å². The molecule has 5 rings (SSSR count). The summed E-state index contributed by atoms with van der Waals surface area (Å²) in [7, 11) is 1.56. The lowest BCUT2D eigenvalue weighted by Gasteiger charge is -2.28. The van der Waals surface area contributed by atoms with Crippen molar-refractivity contribution in [1.82, 2.24) is 20.2 Å². The lowest BCUT2D eigenvalue weighted by Crippen LogP contribution is -2.53. The van der Waals surface area contributed by atoms with Gasteiger partial charge in [-0.25, -0.2) is 19.6 Å². The lowest BCUT2D eigenvalue weighted by atomic mass is 10.1. The number of fused-ring (bicyclic) bond motifs is 1. The summed E-state index contributed by atoms with van der Waals surface area (Å²) in [4.78, 5) is 62.3. The fraction of sp³-hybridized carbons (Fsp3) is 0.455. The number of pyridine rings is 1. The number of hydrogen-bond donors (Lipinski definition) is 2. The Hall–Kier alpha value is -4.72. The Kier molecular flexibility index (Phi) is 9.43. The van der Waals surface area contributed by atoms with Crippen LogP contribution in [0.5, 0.6) is 11.5 Å². The summed E-state index contributed by atoms with van der Waals surface area (Å²) >= 11 is 1.26. The summed E-state index contributed by atoms with van der Waals surface area (Å²) in [5, 5.41) is 8.42. The molecule has 47 heavy (non-hydrogen) atoms. The van der Waals surface area contributed by atoms with Crippen LogP contribution in [0.25, 0.3) is 22.3 Å². The molecule has 3 amide bonds. The van der Waals surface area contributed by atoms with Crippen molar-refractivity contribution in [2.75, 3.05) is 25.6 Å². The van der Waals surface area contributed by atoms with Gasteiger partial charge in [0.15, 0.2) is 5.13 Å². The van der Waals surface area contributed by atoms with Crippen molar-refractivity contribution < 1.29 is 38.1 Å². The van der Waals surface area contributed by atoms with E-state index in [1.807, 2.05) is 6.07 Å². The van der Waals surface area contributed by atoms with Gasteiger partial charge < -0.3 is 29.6 Å². The van der Waals surface area contributed by atoms with Gasteiger partial charge in [-0.1, -0.05) is 6.08 Å². The number of esters is 1. The Morgan fingerprint density at radius 3 is 2.57 bits per heavy atom. The van der Waals surface area contributed by atoms with Crippen LogP contribution in [0, 0.1) is 5.92 Å². The van der Waals surface area contributed by atoms with Crippen molar-refractivity contribution in [3.05, 3.63) is 42.3 Å². The summed E-state index contributed by atoms with van der Waals surface area (Å²) in [6.45, 7) is 12.3. The molecule has 2 aliphatic rings. The maximum absolute atomic E-state index is 13.8. The van der Waals surface area contributed by atoms with Gasteiger partial charge in [-0.2, -0.15) is 0 Å². The number of methoxy groups -OCH3 is 1. The predicted molar refractivity (Wildman–Crippen MR) is 175 cm³/mol. The maximum atomic E-state index is 13.8. The van der Waals surface area contributed by atoms with Crippen LogP contribution in [-0.4, -0.2) is 82.3 Å². The average molecular weight is 666 g/mol. The summed E-state index contributed by atoms with van der Waals surface area (Å²) in [5.74, 6) is -0.541. The molecule has 1 aliphatic carbocycles. The van der Waals surface area contributed by atoms with Crippen LogP contribution in [0.2, 0.25) is 0 Å². The van der Waals surface area contributed by atoms with Crippen LogP contribution in [0.15, 0.2) is 42.3 Å². The van der Waals surface area contributed by atoms with E-state index in [1.165, 1.54) is 23.2 Å². The Balaban J connectivity index is 1.46. The van der Waals surface area contributed by atoms with Crippen molar-refractivity contribution in [1.29, 1.82) is 0 Å². The number of aromatic nitrogens is 2. The number of anilines is 1. The normalized spacial score (nSPS) is 21.9. The largest absolute Gasteiger partial charge is 0.497 e. The van der Waals surface area contributed by atoms with Gasteiger partial charge in [0.25, 0.3) is 0 Å². The molecule has 1 unspecified atom stereocenters. The van der Waals surface area contributed by atoms with Gasteiger partial charge in [0.1, 0.15) is 40.5 Å². The first kappa shape index (κ1) is 33.6. The zero-order valence-corrected chi connectivity index (χ0v) is 28.1. The first-order valence-electron chi connectivity index (χ1n) is 15.3. The molecule has 2 fully saturated rings. The molecule has 1 aliphatic heterocycles. The molecule has 1 saturated heterocycles. The van der Waals surface area contributed by atoms with E-state index in [1.54, 1.807) is 64.5 Å². The van der Waals surface area contributed by atoms with Gasteiger partial charge in [0.05, 0.1) is 31.5 Å². The number of benzene rings is 1. The van der Waals surface area contributed by atoms with E-state index >= 15 is 0 Å². The zero-order valence-electron chi connectivity index (χ0n) is 27.2. The van der Waals surface area contributed by atoms with Gasteiger partial charge >= 0.3 is 12.1 Å². The number of nitrogens with zero attached hydrogens (tertiary/aromatic N) is 3. The van der Waals surface area contributed by atoms with Crippen molar-refractivity contribution in [2.24, 2.45) is 5.92 Å². The minimum atomic E-state index is -1.23. The Labute approximate surface area is 276 Å². The number of carbonyl (C=O) groups is 4. The fourth-order valence-electron chi connectivity index (χ4n) is 5.53. The van der Waals surface area contributed by atoms with Crippen LogP contribution >= 0.6 is 11.3 Å². The zero-order chi connectivity index (χ0) is 34.1. The summed E-state index contributed by atoms with van der Waals surface area (Å²) in [6, 6.07) is 6.12. The van der Waals surface area contributed by atoms with E-state index in [-0.39, 0.29) is 31.4 Å². The molecule has 13 nitrogen and oxygen atoms in total. The second-order valence-corrected chi connectivity index (χ2v) is 13.3. The minimum Gasteiger partial charge on any atom is -0.497 e. The first-order valence-corrected chi connectivity index (χ1v) is 16.1. The first-order chi connectivity index (χ1) is 22.3. The number of ether oxygens (including phenoxy) is 4. The number of likely N-dealkylation sites (tertiary alicyclic amines) is 1. The van der Waals surface area contributed by atoms with Crippen molar-refractivity contribution in [3.63, 3.8) is 0 Å². The number of thiazole rings is 1. The van der Waals surface area contributed by atoms with Crippen molar-refractivity contribution in [2.45, 2.75) is 70.7 Å². The molecule has 250 valence electrons. The lowest BCUT2D eigenvalue weighted by molar-refractivity contribution is -0.149. The molecule has 1 saturated carbocycles. The third kappa shape index (κ3) is 7.32. The molecule has 2 aromatic heterocycles. The number of rotatable bonds is 10. The molecule has 0 radical (unpaired) electrons. The second kappa shape index (κ2) is 13.2. The molecular weight excluding hydrogens is 626 g/mol. The maximum Gasteiger partial charge on any atom is 0.411 e. The summed E-state index contributed by atoms with van der Waals surface area (Å²) in [6.07, 6.45) is 0.795. The molecule has 0 spiro atoms. The van der Waals surface area contributed by atoms with Crippen LogP contribution in [0.1, 0.15) is 47.5 Å². The summed E-state index contributed by atoms with van der Waals surface area (Å²) in [5.41, 5.74) is -0.454. The topological polar surface area (TPSA) is 158 Å². The molecule has 2 N–H and O–H groups in total. The fourth-order valence-corrected chi connectivity index (χ4v) is 6.28. The highest BCUT2D eigenvalue weighted by Gasteiger charge is 2.62. The minimum absolute atomic E-state index is 0.0446. The van der Waals surface area contributed by atoms with E-state index in [0.29, 0.717) is 45.3 Å². The smallest absolute Gasteiger partial charge is 0.411 e. The molecule has 1 aromatic carbocycles. The number of hydrogen-bond acceptors (Lipinski definition) is 11. The number of carbonyl (C=O) groups excluding carboxylic acids is 4. The van der Waals surface area contributed by atoms with Gasteiger partial charge in [-0.15, -0.1) is 17.9 Å². The van der Waals surface area contributed by atoms with Crippen LogP contribution in [0.3, 0.4) is 0 Å². The van der Waals surface area contributed by atoms with Crippen LogP contribution < -0.4 is 20.1 Å². The van der Waals surface area contributed by atoms with E-state index in [0.717, 1.165) is 0 Å². The average Bonchev–Trinajstić information content (AvgIpc) is 3.29. The number of nitrogens with one attached hydrogen (secondary N) is 2. The monoisotopic (exact) mass is 665 g/mol. The SMILES string of the molecule is C=CC1C[C@]1(NC(=O)[C@@H]1C[C@@H](Oc2cc(-c3csc(NC(C)=O)n3)nc3cc(OC)ccc23)CN1C(=O)OC(C)(C)C)C(=O)OCC. The standard InChI is InChI=1S/C33H39N5O8S/c1-8-19-15-33(19,29(41)44-9-2)37-28(40)26-13-21(16-38(26)31(42)46-32(4,5)6)45-27-14-24(25-17-47-30(36-25)34-18(3)39)35-23-12-20(43-7)10-11-22(23)27/h8,10-12,14,17,19,21,26H,1,9,13,15-16H2,2-7H3,(H,37,40)(H,34,36,39)/t19?,21-,26+,33-/m1/s1. The quantitative estimate of drug-likeness (QED) is 0.230. The molecule has 3 aromatic rings. The van der Waals surface area contributed by atoms with Crippen LogP contribution in [-0.2, 0) is 23.9 Å².